The van der Waals surface area contributed by atoms with Crippen LogP contribution < -0.4 is 5.73 Å². The van der Waals surface area contributed by atoms with Crippen LogP contribution in [-0.2, 0) is 4.74 Å². The Hall–Kier alpha value is -2.13. The molecule has 3 nitrogen and oxygen atoms in total. The van der Waals surface area contributed by atoms with Crippen LogP contribution in [0.3, 0.4) is 0 Å². The van der Waals surface area contributed by atoms with Crippen molar-refractivity contribution in [2.75, 3.05) is 13.7 Å². The van der Waals surface area contributed by atoms with Crippen molar-refractivity contribution in [2.24, 2.45) is 5.73 Å². The van der Waals surface area contributed by atoms with Gasteiger partial charge in [-0.15, -0.1) is 0 Å². The Morgan fingerprint density at radius 3 is 2.76 bits per heavy atom. The lowest BCUT2D eigenvalue weighted by atomic mass is 9.92. The summed E-state index contributed by atoms with van der Waals surface area (Å²) in [5.74, 6) is -0.0264. The zero-order chi connectivity index (χ0) is 15.0. The topological polar surface area (TPSA) is 52.3 Å². The summed E-state index contributed by atoms with van der Waals surface area (Å²) >= 11 is 0. The molecule has 1 aliphatic carbocycles. The minimum absolute atomic E-state index is 0.268. The first-order valence-corrected chi connectivity index (χ1v) is 7.19. The van der Waals surface area contributed by atoms with Gasteiger partial charge in [0.05, 0.1) is 12.7 Å². The summed E-state index contributed by atoms with van der Waals surface area (Å²) in [4.78, 5) is 11.8. The zero-order valence-electron chi connectivity index (χ0n) is 12.3. The van der Waals surface area contributed by atoms with Crippen LogP contribution in [0.2, 0.25) is 0 Å². The molecule has 21 heavy (non-hydrogen) atoms. The maximum absolute atomic E-state index is 11.8. The minimum Gasteiger partial charge on any atom is -0.465 e. The summed E-state index contributed by atoms with van der Waals surface area (Å²) in [6.45, 7) is 2.75. The van der Waals surface area contributed by atoms with E-state index in [2.05, 4.69) is 25.1 Å². The van der Waals surface area contributed by atoms with E-state index >= 15 is 0 Å². The quantitative estimate of drug-likeness (QED) is 0.879. The van der Waals surface area contributed by atoms with Crippen molar-refractivity contribution in [1.82, 2.24) is 0 Å². The van der Waals surface area contributed by atoms with E-state index in [1.165, 1.54) is 34.9 Å². The third-order valence-corrected chi connectivity index (χ3v) is 4.25. The van der Waals surface area contributed by atoms with E-state index < -0.39 is 0 Å². The van der Waals surface area contributed by atoms with Crippen LogP contribution in [0.25, 0.3) is 11.1 Å². The molecular formula is C18H19NO2. The van der Waals surface area contributed by atoms with E-state index in [9.17, 15) is 4.79 Å². The Bertz CT molecular complexity index is 706. The van der Waals surface area contributed by atoms with E-state index in [1.54, 1.807) is 0 Å². The number of fused-ring (bicyclic) bond motifs is 3. The monoisotopic (exact) mass is 281 g/mol. The van der Waals surface area contributed by atoms with Crippen LogP contribution in [0.4, 0.5) is 0 Å². The molecule has 0 radical (unpaired) electrons. The van der Waals surface area contributed by atoms with E-state index in [0.717, 1.165) is 6.42 Å². The standard InChI is InChI=1S/C18H19NO2/c1-11-4-3-5-14-13(8-9-19)16-10-12(18(20)21-2)6-7-15(16)17(11)14/h3-7,10,13H,8-9,19H2,1-2H3. The molecule has 0 aliphatic heterocycles. The van der Waals surface area contributed by atoms with E-state index in [4.69, 9.17) is 10.5 Å². The van der Waals surface area contributed by atoms with Crippen molar-refractivity contribution in [1.29, 1.82) is 0 Å². The number of methoxy groups -OCH3 is 1. The van der Waals surface area contributed by atoms with Crippen LogP contribution in [-0.4, -0.2) is 19.6 Å². The van der Waals surface area contributed by atoms with E-state index in [0.29, 0.717) is 12.1 Å². The Balaban J connectivity index is 2.19. The fraction of sp³-hybridized carbons (Fsp3) is 0.278. The van der Waals surface area contributed by atoms with Gasteiger partial charge in [0.25, 0.3) is 0 Å². The molecule has 1 aliphatic rings. The molecule has 2 aromatic rings. The molecule has 0 fully saturated rings. The Labute approximate surface area is 124 Å². The lowest BCUT2D eigenvalue weighted by Gasteiger charge is -2.13. The van der Waals surface area contributed by atoms with Gasteiger partial charge in [0.2, 0.25) is 0 Å². The highest BCUT2D eigenvalue weighted by Crippen LogP contribution is 2.47. The molecular weight excluding hydrogens is 262 g/mol. The fourth-order valence-electron chi connectivity index (χ4n) is 3.32. The number of rotatable bonds is 3. The first-order valence-electron chi connectivity index (χ1n) is 7.19. The predicted octanol–water partition coefficient (Wildman–Crippen LogP) is 3.24. The minimum atomic E-state index is -0.294. The van der Waals surface area contributed by atoms with Gasteiger partial charge in [-0.1, -0.05) is 24.3 Å². The molecule has 2 aromatic carbocycles. The first-order chi connectivity index (χ1) is 10.2. The highest BCUT2D eigenvalue weighted by molar-refractivity contribution is 5.92. The third-order valence-electron chi connectivity index (χ3n) is 4.25. The zero-order valence-corrected chi connectivity index (χ0v) is 12.3. The normalized spacial score (nSPS) is 15.5. The largest absolute Gasteiger partial charge is 0.465 e. The molecule has 0 spiro atoms. The summed E-state index contributed by atoms with van der Waals surface area (Å²) < 4.78 is 4.83. The molecule has 0 aromatic heterocycles. The van der Waals surface area contributed by atoms with Crippen molar-refractivity contribution < 1.29 is 9.53 Å². The highest BCUT2D eigenvalue weighted by atomic mass is 16.5. The lowest BCUT2D eigenvalue weighted by Crippen LogP contribution is -2.08. The van der Waals surface area contributed by atoms with Crippen LogP contribution in [0, 0.1) is 6.92 Å². The molecule has 0 bridgehead atoms. The summed E-state index contributed by atoms with van der Waals surface area (Å²) in [6.07, 6.45) is 0.883. The van der Waals surface area contributed by atoms with Gasteiger partial charge in [-0.3, -0.25) is 0 Å². The highest BCUT2D eigenvalue weighted by Gasteiger charge is 2.29. The number of hydrogen-bond donors (Lipinski definition) is 1. The average Bonchev–Trinajstić information content (AvgIpc) is 2.82. The molecule has 0 saturated carbocycles. The second-order valence-corrected chi connectivity index (χ2v) is 5.46. The van der Waals surface area contributed by atoms with Crippen molar-refractivity contribution in [3.05, 3.63) is 58.7 Å². The number of carbonyl (C=O) groups excluding carboxylic acids is 1. The van der Waals surface area contributed by atoms with Gasteiger partial charge in [0, 0.05) is 5.92 Å². The second kappa shape index (κ2) is 5.34. The number of aryl methyl sites for hydroxylation is 1. The number of esters is 1. The maximum Gasteiger partial charge on any atom is 0.337 e. The maximum atomic E-state index is 11.8. The fourth-order valence-corrected chi connectivity index (χ4v) is 3.32. The second-order valence-electron chi connectivity index (χ2n) is 5.46. The molecule has 2 N–H and O–H groups in total. The summed E-state index contributed by atoms with van der Waals surface area (Å²) in [5, 5.41) is 0. The lowest BCUT2D eigenvalue weighted by molar-refractivity contribution is 0.0600. The molecule has 1 atom stereocenters. The van der Waals surface area contributed by atoms with Crippen molar-refractivity contribution in [2.45, 2.75) is 19.3 Å². The van der Waals surface area contributed by atoms with Crippen molar-refractivity contribution in [3.63, 3.8) is 0 Å². The number of ether oxygens (including phenoxy) is 1. The van der Waals surface area contributed by atoms with Crippen molar-refractivity contribution >= 4 is 5.97 Å². The summed E-state index contributed by atoms with van der Waals surface area (Å²) in [7, 11) is 1.41. The molecule has 0 saturated heterocycles. The number of carbonyl (C=O) groups is 1. The van der Waals surface area contributed by atoms with E-state index in [-0.39, 0.29) is 11.9 Å². The van der Waals surface area contributed by atoms with Gasteiger partial charge in [0.15, 0.2) is 0 Å². The molecule has 0 amide bonds. The van der Waals surface area contributed by atoms with Crippen LogP contribution in [0.15, 0.2) is 36.4 Å². The van der Waals surface area contributed by atoms with Gasteiger partial charge < -0.3 is 10.5 Å². The summed E-state index contributed by atoms with van der Waals surface area (Å²) in [6, 6.07) is 12.2. The number of nitrogens with two attached hydrogens (primary N) is 1. The molecule has 0 heterocycles. The molecule has 108 valence electrons. The smallest absolute Gasteiger partial charge is 0.337 e. The van der Waals surface area contributed by atoms with Crippen molar-refractivity contribution in [3.8, 4) is 11.1 Å². The Kier molecular flexibility index (Phi) is 3.52. The molecule has 3 heteroatoms. The SMILES string of the molecule is COC(=O)c1ccc2c(c1)C(CCN)c1cccc(C)c1-2. The average molecular weight is 281 g/mol. The Morgan fingerprint density at radius 1 is 1.24 bits per heavy atom. The van der Waals surface area contributed by atoms with Crippen LogP contribution >= 0.6 is 0 Å². The van der Waals surface area contributed by atoms with Gasteiger partial charge >= 0.3 is 5.97 Å². The Morgan fingerprint density at radius 2 is 2.05 bits per heavy atom. The predicted molar refractivity (Wildman–Crippen MR) is 83.5 cm³/mol. The van der Waals surface area contributed by atoms with Gasteiger partial charge in [0.1, 0.15) is 0 Å². The first kappa shape index (κ1) is 13.8. The number of benzene rings is 2. The van der Waals surface area contributed by atoms with Gasteiger partial charge in [-0.2, -0.15) is 0 Å². The van der Waals surface area contributed by atoms with E-state index in [1.807, 2.05) is 18.2 Å². The van der Waals surface area contributed by atoms with Gasteiger partial charge in [-0.25, -0.2) is 4.79 Å². The van der Waals surface area contributed by atoms with Gasteiger partial charge in [-0.05, 0) is 59.8 Å². The number of hydrogen-bond acceptors (Lipinski definition) is 3. The third kappa shape index (κ3) is 2.14. The van der Waals surface area contributed by atoms with Crippen LogP contribution in [0.1, 0.15) is 39.4 Å². The molecule has 1 unspecified atom stereocenters. The molecule has 3 rings (SSSR count). The van der Waals surface area contributed by atoms with Crippen LogP contribution in [0.5, 0.6) is 0 Å². The summed E-state index contributed by atoms with van der Waals surface area (Å²) in [5.41, 5.74) is 12.7.